The molecule has 1 aromatic carbocycles. The van der Waals surface area contributed by atoms with E-state index in [4.69, 9.17) is 4.42 Å². The molecule has 32 heavy (non-hydrogen) atoms. The molecule has 11 heteroatoms. The van der Waals surface area contributed by atoms with Gasteiger partial charge in [-0.2, -0.15) is 0 Å². The molecule has 0 bridgehead atoms. The van der Waals surface area contributed by atoms with E-state index in [2.05, 4.69) is 4.90 Å². The van der Waals surface area contributed by atoms with Gasteiger partial charge < -0.3 is 19.0 Å². The molecule has 1 fully saturated rings. The Morgan fingerprint density at radius 3 is 2.56 bits per heavy atom. The summed E-state index contributed by atoms with van der Waals surface area (Å²) in [5.41, 5.74) is -0.280. The fraction of sp³-hybridized carbons (Fsp3) is 0.333. The van der Waals surface area contributed by atoms with Crippen LogP contribution in [0.4, 0.5) is 16.0 Å². The third kappa shape index (κ3) is 3.94. The van der Waals surface area contributed by atoms with Crippen molar-refractivity contribution in [2.75, 3.05) is 31.1 Å². The highest BCUT2D eigenvalue weighted by Crippen LogP contribution is 2.27. The van der Waals surface area contributed by atoms with Gasteiger partial charge in [0.05, 0.1) is 23.8 Å². The number of aromatic nitrogens is 1. The van der Waals surface area contributed by atoms with Crippen molar-refractivity contribution in [2.24, 2.45) is 0 Å². The molecule has 1 aliphatic heterocycles. The number of benzene rings is 1. The van der Waals surface area contributed by atoms with Crippen molar-refractivity contribution in [1.82, 2.24) is 9.47 Å². The van der Waals surface area contributed by atoms with Gasteiger partial charge in [-0.25, -0.2) is 9.18 Å². The monoisotopic (exact) mass is 444 g/mol. The first kappa shape index (κ1) is 21.5. The third-order valence-corrected chi connectivity index (χ3v) is 5.64. The molecule has 0 unspecified atom stereocenters. The number of nitrogens with zero attached hydrogens (tertiary/aromatic N) is 4. The number of pyridine rings is 1. The van der Waals surface area contributed by atoms with Gasteiger partial charge in [-0.15, -0.1) is 0 Å². The number of carbonyl (C=O) groups is 1. The van der Waals surface area contributed by atoms with Gasteiger partial charge in [0, 0.05) is 44.3 Å². The highest BCUT2D eigenvalue weighted by Gasteiger charge is 2.23. The van der Waals surface area contributed by atoms with Crippen LogP contribution in [0.3, 0.4) is 0 Å². The number of furan rings is 1. The van der Waals surface area contributed by atoms with E-state index < -0.39 is 27.7 Å². The number of anilines is 1. The second-order valence-corrected chi connectivity index (χ2v) is 7.54. The summed E-state index contributed by atoms with van der Waals surface area (Å²) < 4.78 is 21.8. The number of hydrogen-bond acceptors (Lipinski definition) is 7. The van der Waals surface area contributed by atoms with Gasteiger partial charge in [0.1, 0.15) is 22.1 Å². The highest BCUT2D eigenvalue weighted by atomic mass is 19.1. The number of aromatic carboxylic acids is 1. The van der Waals surface area contributed by atoms with Gasteiger partial charge in [-0.05, 0) is 25.1 Å². The number of piperazine rings is 1. The molecule has 1 aliphatic rings. The lowest BCUT2D eigenvalue weighted by atomic mass is 10.1. The SMILES string of the molecule is CCn1cc(C(=O)O)c(=O)c2cc(F)c(N3CCN(Cc4ccc([N+](=O)[O-])o4)CC3)cc21. The fourth-order valence-corrected chi connectivity index (χ4v) is 3.97. The lowest BCUT2D eigenvalue weighted by Crippen LogP contribution is -2.46. The number of carboxylic acids is 1. The lowest BCUT2D eigenvalue weighted by Gasteiger charge is -2.36. The van der Waals surface area contributed by atoms with Crippen molar-refractivity contribution in [3.05, 3.63) is 67.9 Å². The molecule has 3 heterocycles. The van der Waals surface area contributed by atoms with Gasteiger partial charge in [0.15, 0.2) is 0 Å². The van der Waals surface area contributed by atoms with Crippen molar-refractivity contribution in [3.63, 3.8) is 0 Å². The molecule has 0 atom stereocenters. The Labute approximate surface area is 181 Å². The van der Waals surface area contributed by atoms with E-state index in [0.717, 1.165) is 6.07 Å². The van der Waals surface area contributed by atoms with Crippen LogP contribution in [0.25, 0.3) is 10.9 Å². The maximum absolute atomic E-state index is 14.9. The molecule has 2 aromatic heterocycles. The van der Waals surface area contributed by atoms with Crippen LogP contribution >= 0.6 is 0 Å². The molecule has 0 spiro atoms. The summed E-state index contributed by atoms with van der Waals surface area (Å²) in [6, 6.07) is 5.59. The zero-order valence-electron chi connectivity index (χ0n) is 17.3. The molecule has 1 saturated heterocycles. The van der Waals surface area contributed by atoms with Crippen LogP contribution in [0, 0.1) is 15.9 Å². The number of nitro groups is 1. The minimum absolute atomic E-state index is 0.0334. The second kappa shape index (κ2) is 8.42. The Balaban J connectivity index is 1.56. The molecule has 168 valence electrons. The maximum Gasteiger partial charge on any atom is 0.433 e. The van der Waals surface area contributed by atoms with Crippen LogP contribution in [0.2, 0.25) is 0 Å². The predicted molar refractivity (Wildman–Crippen MR) is 114 cm³/mol. The third-order valence-electron chi connectivity index (χ3n) is 5.64. The first-order chi connectivity index (χ1) is 15.3. The zero-order chi connectivity index (χ0) is 23.0. The lowest BCUT2D eigenvalue weighted by molar-refractivity contribution is -0.402. The van der Waals surface area contributed by atoms with Crippen LogP contribution in [-0.2, 0) is 13.1 Å². The van der Waals surface area contributed by atoms with Crippen LogP contribution in [0.1, 0.15) is 23.0 Å². The summed E-state index contributed by atoms with van der Waals surface area (Å²) in [6.07, 6.45) is 1.29. The van der Waals surface area contributed by atoms with Gasteiger partial charge in [-0.1, -0.05) is 0 Å². The zero-order valence-corrected chi connectivity index (χ0v) is 17.3. The number of fused-ring (bicyclic) bond motifs is 1. The van der Waals surface area contributed by atoms with E-state index >= 15 is 0 Å². The molecular weight excluding hydrogens is 423 g/mol. The van der Waals surface area contributed by atoms with Crippen LogP contribution < -0.4 is 10.3 Å². The topological polar surface area (TPSA) is 122 Å². The van der Waals surface area contributed by atoms with Crippen molar-refractivity contribution in [2.45, 2.75) is 20.0 Å². The minimum Gasteiger partial charge on any atom is -0.477 e. The summed E-state index contributed by atoms with van der Waals surface area (Å²) in [4.78, 5) is 38.0. The molecule has 1 N–H and O–H groups in total. The molecule has 0 saturated carbocycles. The summed E-state index contributed by atoms with van der Waals surface area (Å²) in [6.45, 7) is 4.84. The average Bonchev–Trinajstić information content (AvgIpc) is 3.23. The van der Waals surface area contributed by atoms with E-state index in [1.54, 1.807) is 16.7 Å². The average molecular weight is 444 g/mol. The van der Waals surface area contributed by atoms with Crippen LogP contribution in [0.15, 0.2) is 39.7 Å². The number of carboxylic acid groups (broad SMARTS) is 1. The Kier molecular flexibility index (Phi) is 5.66. The fourth-order valence-electron chi connectivity index (χ4n) is 3.97. The van der Waals surface area contributed by atoms with Crippen molar-refractivity contribution in [1.29, 1.82) is 0 Å². The highest BCUT2D eigenvalue weighted by molar-refractivity contribution is 5.93. The second-order valence-electron chi connectivity index (χ2n) is 7.54. The maximum atomic E-state index is 14.9. The summed E-state index contributed by atoms with van der Waals surface area (Å²) >= 11 is 0. The quantitative estimate of drug-likeness (QED) is 0.455. The predicted octanol–water partition coefficient (Wildman–Crippen LogP) is 2.68. The van der Waals surface area contributed by atoms with Crippen molar-refractivity contribution in [3.8, 4) is 0 Å². The van der Waals surface area contributed by atoms with Gasteiger partial charge in [0.25, 0.3) is 0 Å². The first-order valence-electron chi connectivity index (χ1n) is 10.1. The Bertz CT molecular complexity index is 1260. The standard InChI is InChI=1S/C21H21FN4O6/c1-2-24-12-15(21(28)29)20(27)14-9-16(22)18(10-17(14)24)25-7-5-23(6-8-25)11-13-3-4-19(32-13)26(30)31/h3-4,9-10,12H,2,5-8,11H2,1H3,(H,28,29). The molecule has 10 nitrogen and oxygen atoms in total. The van der Waals surface area contributed by atoms with E-state index in [-0.39, 0.29) is 11.3 Å². The summed E-state index contributed by atoms with van der Waals surface area (Å²) in [5, 5.41) is 20.1. The first-order valence-corrected chi connectivity index (χ1v) is 10.1. The van der Waals surface area contributed by atoms with Gasteiger partial charge >= 0.3 is 11.9 Å². The largest absolute Gasteiger partial charge is 0.477 e. The van der Waals surface area contributed by atoms with E-state index in [9.17, 15) is 29.2 Å². The number of halogens is 1. The van der Waals surface area contributed by atoms with Gasteiger partial charge in [-0.3, -0.25) is 19.8 Å². The summed E-state index contributed by atoms with van der Waals surface area (Å²) in [7, 11) is 0. The number of rotatable bonds is 6. The Morgan fingerprint density at radius 1 is 1.25 bits per heavy atom. The molecular formula is C21H21FN4O6. The molecule has 0 amide bonds. The minimum atomic E-state index is -1.35. The molecule has 3 aromatic rings. The smallest absolute Gasteiger partial charge is 0.433 e. The molecule has 0 radical (unpaired) electrons. The van der Waals surface area contributed by atoms with Crippen LogP contribution in [-0.4, -0.2) is 51.6 Å². The van der Waals surface area contributed by atoms with Crippen molar-refractivity contribution < 1.29 is 23.6 Å². The van der Waals surface area contributed by atoms with E-state index in [1.807, 2.05) is 11.8 Å². The van der Waals surface area contributed by atoms with E-state index in [0.29, 0.717) is 56.2 Å². The Morgan fingerprint density at radius 2 is 1.97 bits per heavy atom. The molecule has 4 rings (SSSR count). The summed E-state index contributed by atoms with van der Waals surface area (Å²) in [5.74, 6) is -1.75. The van der Waals surface area contributed by atoms with Crippen LogP contribution in [0.5, 0.6) is 0 Å². The normalized spacial score (nSPS) is 14.8. The van der Waals surface area contributed by atoms with E-state index in [1.165, 1.54) is 12.3 Å². The number of hydrogen-bond donors (Lipinski definition) is 1. The van der Waals surface area contributed by atoms with Crippen molar-refractivity contribution >= 4 is 28.4 Å². The number of aryl methyl sites for hydroxylation is 1. The molecule has 0 aliphatic carbocycles. The Hall–Kier alpha value is -3.73. The van der Waals surface area contributed by atoms with Gasteiger partial charge in [0.2, 0.25) is 5.43 Å².